The number of methoxy groups -OCH3 is 1. The Kier molecular flexibility index (Phi) is 4.83. The number of nitrogens with one attached hydrogen (secondary N) is 3. The molecule has 26 heavy (non-hydrogen) atoms. The van der Waals surface area contributed by atoms with E-state index in [0.29, 0.717) is 12.1 Å². The summed E-state index contributed by atoms with van der Waals surface area (Å²) in [5.41, 5.74) is 4.61. The zero-order valence-electron chi connectivity index (χ0n) is 14.3. The molecule has 2 aromatic rings. The summed E-state index contributed by atoms with van der Waals surface area (Å²) in [6.45, 7) is 1.94. The van der Waals surface area contributed by atoms with E-state index in [1.165, 1.54) is 19.4 Å². The first-order chi connectivity index (χ1) is 12.5. The smallest absolute Gasteiger partial charge is 0.260 e. The Hall–Kier alpha value is -3.42. The van der Waals surface area contributed by atoms with Gasteiger partial charge in [-0.1, -0.05) is 19.1 Å². The number of amides is 2. The molecule has 1 aromatic carbocycles. The van der Waals surface area contributed by atoms with Crippen molar-refractivity contribution in [3.63, 3.8) is 0 Å². The van der Waals surface area contributed by atoms with Crippen molar-refractivity contribution in [2.24, 2.45) is 11.0 Å². The van der Waals surface area contributed by atoms with Gasteiger partial charge in [0.25, 0.3) is 11.5 Å². The van der Waals surface area contributed by atoms with Gasteiger partial charge in [-0.25, -0.2) is 5.43 Å². The number of aromatic amines is 1. The van der Waals surface area contributed by atoms with Crippen LogP contribution in [0.3, 0.4) is 0 Å². The Morgan fingerprint density at radius 1 is 1.27 bits per heavy atom. The quantitative estimate of drug-likeness (QED) is 0.772. The van der Waals surface area contributed by atoms with Crippen LogP contribution in [0.1, 0.15) is 29.3 Å². The van der Waals surface area contributed by atoms with Crippen LogP contribution >= 0.6 is 0 Å². The van der Waals surface area contributed by atoms with E-state index < -0.39 is 5.91 Å². The van der Waals surface area contributed by atoms with E-state index in [2.05, 4.69) is 20.8 Å². The van der Waals surface area contributed by atoms with Crippen molar-refractivity contribution in [3.05, 3.63) is 58.0 Å². The molecule has 0 saturated heterocycles. The molecule has 8 nitrogen and oxygen atoms in total. The van der Waals surface area contributed by atoms with E-state index in [1.54, 1.807) is 12.1 Å². The normalized spacial score (nSPS) is 16.5. The lowest BCUT2D eigenvalue weighted by Gasteiger charge is -2.19. The standard InChI is InChI=1S/C18H18N4O4/c1-10-7-16(24)21-22-17(10)11-3-5-12(6-4-11)20-18(25)13-9-19-15(23)8-14(13)26-2/h3-6,8-10H,7H2,1-2H3,(H,19,23)(H,20,25)(H,21,24). The molecular weight excluding hydrogens is 336 g/mol. The van der Waals surface area contributed by atoms with E-state index in [9.17, 15) is 14.4 Å². The van der Waals surface area contributed by atoms with Crippen molar-refractivity contribution in [2.75, 3.05) is 12.4 Å². The van der Waals surface area contributed by atoms with Gasteiger partial charge in [-0.2, -0.15) is 5.10 Å². The molecule has 0 spiro atoms. The number of H-pyrrole nitrogens is 1. The summed E-state index contributed by atoms with van der Waals surface area (Å²) < 4.78 is 5.07. The average molecular weight is 354 g/mol. The van der Waals surface area contributed by atoms with Gasteiger partial charge >= 0.3 is 0 Å². The molecule has 2 amide bonds. The molecule has 134 valence electrons. The lowest BCUT2D eigenvalue weighted by atomic mass is 9.94. The third-order valence-electron chi connectivity index (χ3n) is 4.05. The SMILES string of the molecule is COc1cc(=O)[nH]cc1C(=O)Nc1ccc(C2=NNC(=O)CC2C)cc1. The van der Waals surface area contributed by atoms with Crippen molar-refractivity contribution in [3.8, 4) is 5.75 Å². The highest BCUT2D eigenvalue weighted by molar-refractivity contribution is 6.07. The van der Waals surface area contributed by atoms with Crippen LogP contribution < -0.4 is 21.0 Å². The third kappa shape index (κ3) is 3.64. The minimum absolute atomic E-state index is 0.0228. The maximum absolute atomic E-state index is 12.4. The second-order valence-electron chi connectivity index (χ2n) is 5.95. The Morgan fingerprint density at radius 2 is 2.00 bits per heavy atom. The zero-order valence-corrected chi connectivity index (χ0v) is 14.3. The van der Waals surface area contributed by atoms with E-state index in [4.69, 9.17) is 4.74 Å². The minimum Gasteiger partial charge on any atom is -0.496 e. The van der Waals surface area contributed by atoms with E-state index >= 15 is 0 Å². The number of hydrogen-bond acceptors (Lipinski definition) is 5. The predicted molar refractivity (Wildman–Crippen MR) is 96.5 cm³/mol. The molecule has 1 aliphatic rings. The number of pyridine rings is 1. The number of hydrogen-bond donors (Lipinski definition) is 3. The first kappa shape index (κ1) is 17.4. The van der Waals surface area contributed by atoms with Gasteiger partial charge in [-0.3, -0.25) is 14.4 Å². The highest BCUT2D eigenvalue weighted by atomic mass is 16.5. The number of benzene rings is 1. The molecule has 3 N–H and O–H groups in total. The van der Waals surface area contributed by atoms with Crippen LogP contribution in [0.15, 0.2) is 46.4 Å². The van der Waals surface area contributed by atoms with Gasteiger partial charge in [-0.05, 0) is 17.7 Å². The molecule has 0 bridgehead atoms. The van der Waals surface area contributed by atoms with Gasteiger partial charge in [-0.15, -0.1) is 0 Å². The first-order valence-corrected chi connectivity index (χ1v) is 8.03. The van der Waals surface area contributed by atoms with Crippen LogP contribution in [0.5, 0.6) is 5.75 Å². The van der Waals surface area contributed by atoms with Gasteiger partial charge in [0.05, 0.1) is 18.4 Å². The summed E-state index contributed by atoms with van der Waals surface area (Å²) in [4.78, 5) is 37.5. The molecule has 0 fully saturated rings. The summed E-state index contributed by atoms with van der Waals surface area (Å²) in [5, 5.41) is 6.86. The summed E-state index contributed by atoms with van der Waals surface area (Å²) in [5.74, 6) is -0.278. The minimum atomic E-state index is -0.401. The van der Waals surface area contributed by atoms with Gasteiger partial charge in [0.2, 0.25) is 5.91 Å². The van der Waals surface area contributed by atoms with E-state index in [0.717, 1.165) is 11.3 Å². The third-order valence-corrected chi connectivity index (χ3v) is 4.05. The van der Waals surface area contributed by atoms with E-state index in [-0.39, 0.29) is 28.7 Å². The second kappa shape index (κ2) is 7.22. The van der Waals surface area contributed by atoms with Gasteiger partial charge < -0.3 is 15.0 Å². The second-order valence-corrected chi connectivity index (χ2v) is 5.95. The Labute approximate surface area is 149 Å². The summed E-state index contributed by atoms with van der Waals surface area (Å²) in [6, 6.07) is 8.36. The Bertz CT molecular complexity index is 931. The molecule has 2 heterocycles. The molecule has 1 unspecified atom stereocenters. The van der Waals surface area contributed by atoms with Crippen LogP contribution in [0.4, 0.5) is 5.69 Å². The molecule has 1 aliphatic heterocycles. The van der Waals surface area contributed by atoms with Crippen molar-refractivity contribution < 1.29 is 14.3 Å². The van der Waals surface area contributed by atoms with Crippen molar-refractivity contribution >= 4 is 23.2 Å². The Balaban J connectivity index is 1.77. The molecular formula is C18H18N4O4. The number of nitrogens with zero attached hydrogens (tertiary/aromatic N) is 1. The number of rotatable bonds is 4. The average Bonchev–Trinajstić information content (AvgIpc) is 2.62. The molecule has 8 heteroatoms. The summed E-state index contributed by atoms with van der Waals surface area (Å²) in [7, 11) is 1.39. The number of carbonyl (C=O) groups excluding carboxylic acids is 2. The van der Waals surface area contributed by atoms with Gasteiger partial charge in [0, 0.05) is 30.3 Å². The van der Waals surface area contributed by atoms with E-state index in [1.807, 2.05) is 19.1 Å². The lowest BCUT2D eigenvalue weighted by Crippen LogP contribution is -2.31. The number of carbonyl (C=O) groups is 2. The van der Waals surface area contributed by atoms with Crippen molar-refractivity contribution in [2.45, 2.75) is 13.3 Å². The largest absolute Gasteiger partial charge is 0.496 e. The molecule has 0 aliphatic carbocycles. The van der Waals surface area contributed by atoms with Gasteiger partial charge in [0.15, 0.2) is 0 Å². The number of hydrazone groups is 1. The summed E-state index contributed by atoms with van der Waals surface area (Å²) >= 11 is 0. The summed E-state index contributed by atoms with van der Waals surface area (Å²) in [6.07, 6.45) is 1.70. The lowest BCUT2D eigenvalue weighted by molar-refractivity contribution is -0.121. The maximum Gasteiger partial charge on any atom is 0.260 e. The topological polar surface area (TPSA) is 113 Å². The van der Waals surface area contributed by atoms with Crippen LogP contribution in [0.25, 0.3) is 0 Å². The predicted octanol–water partition coefficient (Wildman–Crippen LogP) is 1.50. The fourth-order valence-electron chi connectivity index (χ4n) is 2.72. The monoisotopic (exact) mass is 354 g/mol. The highest BCUT2D eigenvalue weighted by Crippen LogP contribution is 2.20. The van der Waals surface area contributed by atoms with Crippen LogP contribution in [-0.4, -0.2) is 29.6 Å². The maximum atomic E-state index is 12.4. The van der Waals surface area contributed by atoms with Crippen molar-refractivity contribution in [1.29, 1.82) is 0 Å². The molecule has 3 rings (SSSR count). The molecule has 1 aromatic heterocycles. The van der Waals surface area contributed by atoms with Gasteiger partial charge in [0.1, 0.15) is 5.75 Å². The van der Waals surface area contributed by atoms with Crippen LogP contribution in [0.2, 0.25) is 0 Å². The van der Waals surface area contributed by atoms with Crippen LogP contribution in [0, 0.1) is 5.92 Å². The van der Waals surface area contributed by atoms with Crippen LogP contribution in [-0.2, 0) is 4.79 Å². The molecule has 1 atom stereocenters. The fourth-order valence-corrected chi connectivity index (χ4v) is 2.72. The zero-order chi connectivity index (χ0) is 18.7. The first-order valence-electron chi connectivity index (χ1n) is 8.03. The molecule has 0 radical (unpaired) electrons. The number of ether oxygens (including phenoxy) is 1. The molecule has 0 saturated carbocycles. The highest BCUT2D eigenvalue weighted by Gasteiger charge is 2.21. The number of aromatic nitrogens is 1. The Morgan fingerprint density at radius 3 is 2.65 bits per heavy atom. The fraction of sp³-hybridized carbons (Fsp3) is 0.222. The number of anilines is 1. The van der Waals surface area contributed by atoms with Crippen molar-refractivity contribution in [1.82, 2.24) is 10.4 Å².